The van der Waals surface area contributed by atoms with Crippen LogP contribution in [0.1, 0.15) is 22.3 Å². The van der Waals surface area contributed by atoms with Crippen LogP contribution in [0.2, 0.25) is 0 Å². The first-order chi connectivity index (χ1) is 24.3. The van der Waals surface area contributed by atoms with Crippen LogP contribution in [0.25, 0.3) is 65.7 Å². The predicted molar refractivity (Wildman–Crippen MR) is 207 cm³/mol. The highest BCUT2D eigenvalue weighted by Gasteiger charge is 2.47. The van der Waals surface area contributed by atoms with E-state index in [2.05, 4.69) is 194 Å². The van der Waals surface area contributed by atoms with Crippen LogP contribution in [0.4, 0.5) is 0 Å². The first kappa shape index (κ1) is 27.8. The number of fused-ring (bicyclic) bond motifs is 7. The maximum absolute atomic E-state index is 2.51. The van der Waals surface area contributed by atoms with E-state index in [9.17, 15) is 0 Å². The molecule has 0 heterocycles. The van der Waals surface area contributed by atoms with Crippen LogP contribution in [0, 0.1) is 0 Å². The summed E-state index contributed by atoms with van der Waals surface area (Å²) in [6, 6.07) is 72.0. The molecule has 0 N–H and O–H groups in total. The van der Waals surface area contributed by atoms with E-state index >= 15 is 0 Å². The lowest BCUT2D eigenvalue weighted by Crippen LogP contribution is -2.28. The Morgan fingerprint density at radius 2 is 0.857 bits per heavy atom. The van der Waals surface area contributed by atoms with E-state index in [1.165, 1.54) is 88.0 Å². The molecule has 0 bridgehead atoms. The second kappa shape index (κ2) is 10.9. The maximum atomic E-state index is 2.51. The van der Waals surface area contributed by atoms with Gasteiger partial charge < -0.3 is 0 Å². The lowest BCUT2D eigenvalue weighted by molar-refractivity contribution is 0.769. The minimum atomic E-state index is -0.524. The first-order valence-electron chi connectivity index (χ1n) is 17.1. The standard InChI is InChI=1S/C49H32/c1-3-18-38(19-4-1)49(39-20-5-2-6-21-39)46-31-37(41-25-13-17-34-15-9-10-22-40(34)41)28-29-44(46)48-43-24-12-11-23-42(43)45(32-47(48)49)36-27-26-33-14-7-8-16-35(33)30-36/h1-32H. The summed E-state index contributed by atoms with van der Waals surface area (Å²) in [4.78, 5) is 0. The fourth-order valence-electron chi connectivity index (χ4n) is 8.58. The van der Waals surface area contributed by atoms with Crippen LogP contribution in [-0.4, -0.2) is 0 Å². The van der Waals surface area contributed by atoms with Gasteiger partial charge in [0.1, 0.15) is 0 Å². The molecule has 0 nitrogen and oxygen atoms in total. The van der Waals surface area contributed by atoms with Crippen molar-refractivity contribution in [2.24, 2.45) is 0 Å². The van der Waals surface area contributed by atoms with Crippen LogP contribution in [0.15, 0.2) is 194 Å². The second-order valence-corrected chi connectivity index (χ2v) is 13.2. The molecule has 0 fully saturated rings. The van der Waals surface area contributed by atoms with Crippen LogP contribution >= 0.6 is 0 Å². The molecule has 49 heavy (non-hydrogen) atoms. The molecule has 9 aromatic carbocycles. The van der Waals surface area contributed by atoms with Gasteiger partial charge in [0.2, 0.25) is 0 Å². The van der Waals surface area contributed by atoms with Crippen molar-refractivity contribution < 1.29 is 0 Å². The Kier molecular flexibility index (Phi) is 6.19. The van der Waals surface area contributed by atoms with Gasteiger partial charge in [0.05, 0.1) is 5.41 Å². The zero-order valence-corrected chi connectivity index (χ0v) is 27.0. The topological polar surface area (TPSA) is 0 Å². The number of rotatable bonds is 4. The Balaban J connectivity index is 1.35. The molecule has 9 aromatic rings. The molecule has 0 amide bonds. The SMILES string of the molecule is c1ccc(C2(c3ccccc3)c3cc(-c4cccc5ccccc45)ccc3-c3c2cc(-c2ccc4ccccc4c2)c2ccccc32)cc1. The Hall–Kier alpha value is -6.24. The van der Waals surface area contributed by atoms with Crippen molar-refractivity contribution in [3.8, 4) is 33.4 Å². The molecule has 0 saturated heterocycles. The zero-order chi connectivity index (χ0) is 32.4. The van der Waals surface area contributed by atoms with E-state index < -0.39 is 5.41 Å². The summed E-state index contributed by atoms with van der Waals surface area (Å²) in [5.74, 6) is 0. The van der Waals surface area contributed by atoms with E-state index in [0.29, 0.717) is 0 Å². The summed E-state index contributed by atoms with van der Waals surface area (Å²) in [5, 5.41) is 7.60. The zero-order valence-electron chi connectivity index (χ0n) is 27.0. The third-order valence-corrected chi connectivity index (χ3v) is 10.7. The second-order valence-electron chi connectivity index (χ2n) is 13.2. The number of hydrogen-bond acceptors (Lipinski definition) is 0. The van der Waals surface area contributed by atoms with Gasteiger partial charge in [-0.15, -0.1) is 0 Å². The normalized spacial score (nSPS) is 13.1. The van der Waals surface area contributed by atoms with E-state index in [1.807, 2.05) is 0 Å². The molecule has 0 heteroatoms. The fraction of sp³-hybridized carbons (Fsp3) is 0.0204. The Labute approximate surface area is 286 Å². The average Bonchev–Trinajstić information content (AvgIpc) is 3.48. The first-order valence-corrected chi connectivity index (χ1v) is 17.1. The Morgan fingerprint density at radius 3 is 1.61 bits per heavy atom. The lowest BCUT2D eigenvalue weighted by Gasteiger charge is -2.34. The Bertz CT molecular complexity index is 2660. The lowest BCUT2D eigenvalue weighted by atomic mass is 9.67. The summed E-state index contributed by atoms with van der Waals surface area (Å²) in [5.41, 5.74) is 12.3. The summed E-state index contributed by atoms with van der Waals surface area (Å²) < 4.78 is 0. The van der Waals surface area contributed by atoms with Crippen LogP contribution in [0.3, 0.4) is 0 Å². The molecule has 0 unspecified atom stereocenters. The summed E-state index contributed by atoms with van der Waals surface area (Å²) in [6.07, 6.45) is 0. The van der Waals surface area contributed by atoms with Gasteiger partial charge in [-0.25, -0.2) is 0 Å². The molecule has 1 aliphatic rings. The molecule has 0 radical (unpaired) electrons. The van der Waals surface area contributed by atoms with E-state index in [1.54, 1.807) is 0 Å². The van der Waals surface area contributed by atoms with Gasteiger partial charge in [0, 0.05) is 0 Å². The van der Waals surface area contributed by atoms with E-state index in [0.717, 1.165) is 0 Å². The number of benzene rings is 9. The third kappa shape index (κ3) is 4.11. The van der Waals surface area contributed by atoms with Crippen LogP contribution < -0.4 is 0 Å². The molecular weight excluding hydrogens is 589 g/mol. The van der Waals surface area contributed by atoms with Crippen molar-refractivity contribution in [2.75, 3.05) is 0 Å². The largest absolute Gasteiger partial charge is 0.0714 e. The maximum Gasteiger partial charge on any atom is 0.0714 e. The van der Waals surface area contributed by atoms with Gasteiger partial charge in [0.25, 0.3) is 0 Å². The summed E-state index contributed by atoms with van der Waals surface area (Å²) in [7, 11) is 0. The van der Waals surface area contributed by atoms with Gasteiger partial charge in [-0.3, -0.25) is 0 Å². The van der Waals surface area contributed by atoms with Crippen molar-refractivity contribution >= 4 is 32.3 Å². The van der Waals surface area contributed by atoms with E-state index in [4.69, 9.17) is 0 Å². The van der Waals surface area contributed by atoms with Crippen molar-refractivity contribution in [1.82, 2.24) is 0 Å². The van der Waals surface area contributed by atoms with Crippen LogP contribution in [0.5, 0.6) is 0 Å². The highest BCUT2D eigenvalue weighted by molar-refractivity contribution is 6.11. The van der Waals surface area contributed by atoms with Gasteiger partial charge in [-0.1, -0.05) is 176 Å². The summed E-state index contributed by atoms with van der Waals surface area (Å²) >= 11 is 0. The number of hydrogen-bond donors (Lipinski definition) is 0. The highest BCUT2D eigenvalue weighted by atomic mass is 14.5. The fourth-order valence-corrected chi connectivity index (χ4v) is 8.58. The molecule has 0 aromatic heterocycles. The van der Waals surface area contributed by atoms with Gasteiger partial charge in [-0.05, 0) is 106 Å². The van der Waals surface area contributed by atoms with Crippen molar-refractivity contribution in [1.29, 1.82) is 0 Å². The molecule has 0 saturated carbocycles. The minimum absolute atomic E-state index is 0.524. The average molecular weight is 621 g/mol. The molecular formula is C49H32. The summed E-state index contributed by atoms with van der Waals surface area (Å²) in [6.45, 7) is 0. The van der Waals surface area contributed by atoms with Crippen molar-refractivity contribution in [2.45, 2.75) is 5.41 Å². The van der Waals surface area contributed by atoms with E-state index in [-0.39, 0.29) is 0 Å². The smallest absolute Gasteiger partial charge is 0.0622 e. The molecule has 228 valence electrons. The van der Waals surface area contributed by atoms with Gasteiger partial charge >= 0.3 is 0 Å². The van der Waals surface area contributed by atoms with Gasteiger partial charge in [-0.2, -0.15) is 0 Å². The molecule has 10 rings (SSSR count). The van der Waals surface area contributed by atoms with Crippen molar-refractivity contribution in [3.63, 3.8) is 0 Å². The minimum Gasteiger partial charge on any atom is -0.0622 e. The highest BCUT2D eigenvalue weighted by Crippen LogP contribution is 2.59. The quantitative estimate of drug-likeness (QED) is 0.184. The third-order valence-electron chi connectivity index (χ3n) is 10.7. The molecule has 1 aliphatic carbocycles. The Morgan fingerprint density at radius 1 is 0.286 bits per heavy atom. The molecule has 0 aliphatic heterocycles. The molecule has 0 atom stereocenters. The monoisotopic (exact) mass is 620 g/mol. The predicted octanol–water partition coefficient (Wildman–Crippen LogP) is 12.8. The van der Waals surface area contributed by atoms with Crippen molar-refractivity contribution in [3.05, 3.63) is 216 Å². The van der Waals surface area contributed by atoms with Crippen LogP contribution in [-0.2, 0) is 5.41 Å². The van der Waals surface area contributed by atoms with Gasteiger partial charge in [0.15, 0.2) is 0 Å². The molecule has 0 spiro atoms.